The fourth-order valence-corrected chi connectivity index (χ4v) is 3.22. The first-order valence-corrected chi connectivity index (χ1v) is 7.98. The van der Waals surface area contributed by atoms with Gasteiger partial charge >= 0.3 is 0 Å². The fourth-order valence-electron chi connectivity index (χ4n) is 3.22. The number of para-hydroxylation sites is 1. The Morgan fingerprint density at radius 1 is 1.09 bits per heavy atom. The van der Waals surface area contributed by atoms with E-state index >= 15 is 0 Å². The molecule has 1 unspecified atom stereocenters. The highest BCUT2D eigenvalue weighted by Crippen LogP contribution is 2.32. The minimum atomic E-state index is -0.370. The fraction of sp³-hybridized carbons (Fsp3) is 0.250. The van der Waals surface area contributed by atoms with Gasteiger partial charge in [0.25, 0.3) is 0 Å². The lowest BCUT2D eigenvalue weighted by Crippen LogP contribution is -2.31. The molecular weight excluding hydrogens is 288 g/mol. The Bertz CT molecular complexity index is 967. The van der Waals surface area contributed by atoms with Gasteiger partial charge in [0, 0.05) is 0 Å². The summed E-state index contributed by atoms with van der Waals surface area (Å²) in [6.45, 7) is 2.06. The Labute approximate surface area is 134 Å². The maximum atomic E-state index is 12.9. The van der Waals surface area contributed by atoms with Crippen LogP contribution in [-0.2, 0) is 0 Å². The van der Waals surface area contributed by atoms with Crippen molar-refractivity contribution in [3.63, 3.8) is 0 Å². The molecule has 1 aliphatic rings. The van der Waals surface area contributed by atoms with E-state index in [4.69, 9.17) is 9.15 Å². The maximum Gasteiger partial charge on any atom is 0.204 e. The van der Waals surface area contributed by atoms with Gasteiger partial charge in [-0.3, -0.25) is 4.79 Å². The standard InChI is InChI=1S/C20H18O3/c1-20(12-5-2-6-13-20)23-17-11-7-10-16-18(17)19(21)14-8-3-4-9-15(14)22-16/h3-5,7-12H,2,6,13H2,1H3. The Kier molecular flexibility index (Phi) is 3.22. The number of fused-ring (bicyclic) bond motifs is 2. The van der Waals surface area contributed by atoms with Crippen LogP contribution in [0.25, 0.3) is 21.9 Å². The highest BCUT2D eigenvalue weighted by atomic mass is 16.5. The van der Waals surface area contributed by atoms with E-state index < -0.39 is 0 Å². The van der Waals surface area contributed by atoms with Gasteiger partial charge in [-0.15, -0.1) is 0 Å². The van der Waals surface area contributed by atoms with Crippen LogP contribution in [0.2, 0.25) is 0 Å². The summed E-state index contributed by atoms with van der Waals surface area (Å²) < 4.78 is 12.1. The van der Waals surface area contributed by atoms with E-state index in [9.17, 15) is 4.79 Å². The van der Waals surface area contributed by atoms with E-state index in [1.165, 1.54) is 0 Å². The summed E-state index contributed by atoms with van der Waals surface area (Å²) in [4.78, 5) is 12.9. The molecule has 23 heavy (non-hydrogen) atoms. The van der Waals surface area contributed by atoms with E-state index in [1.807, 2.05) is 36.4 Å². The van der Waals surface area contributed by atoms with Crippen molar-refractivity contribution >= 4 is 21.9 Å². The van der Waals surface area contributed by atoms with Gasteiger partial charge in [0.1, 0.15) is 27.9 Å². The zero-order valence-corrected chi connectivity index (χ0v) is 13.0. The summed E-state index contributed by atoms with van der Waals surface area (Å²) in [6, 6.07) is 12.8. The van der Waals surface area contributed by atoms with Crippen molar-refractivity contribution in [2.45, 2.75) is 31.8 Å². The van der Waals surface area contributed by atoms with Gasteiger partial charge < -0.3 is 9.15 Å². The third-order valence-corrected chi connectivity index (χ3v) is 4.42. The number of ether oxygens (including phenoxy) is 1. The van der Waals surface area contributed by atoms with Crippen LogP contribution in [0.4, 0.5) is 0 Å². The molecular formula is C20H18O3. The summed E-state index contributed by atoms with van der Waals surface area (Å²) in [5.74, 6) is 0.594. The second-order valence-corrected chi connectivity index (χ2v) is 6.27. The normalized spacial score (nSPS) is 20.9. The first-order chi connectivity index (χ1) is 11.2. The van der Waals surface area contributed by atoms with Gasteiger partial charge in [0.15, 0.2) is 0 Å². The van der Waals surface area contributed by atoms with Gasteiger partial charge in [0.05, 0.1) is 5.39 Å². The summed E-state index contributed by atoms with van der Waals surface area (Å²) in [7, 11) is 0. The molecule has 1 atom stereocenters. The molecule has 1 aliphatic carbocycles. The van der Waals surface area contributed by atoms with E-state index in [1.54, 1.807) is 6.07 Å². The Hall–Kier alpha value is -2.55. The van der Waals surface area contributed by atoms with Gasteiger partial charge in [-0.05, 0) is 56.5 Å². The van der Waals surface area contributed by atoms with E-state index in [-0.39, 0.29) is 11.0 Å². The first kappa shape index (κ1) is 14.1. The van der Waals surface area contributed by atoms with E-state index in [0.717, 1.165) is 19.3 Å². The molecule has 4 rings (SSSR count). The van der Waals surface area contributed by atoms with Crippen LogP contribution in [-0.4, -0.2) is 5.60 Å². The molecule has 1 aromatic heterocycles. The largest absolute Gasteiger partial charge is 0.483 e. The van der Waals surface area contributed by atoms with Crippen molar-refractivity contribution in [1.82, 2.24) is 0 Å². The van der Waals surface area contributed by atoms with Crippen molar-refractivity contribution in [1.29, 1.82) is 0 Å². The number of hydrogen-bond acceptors (Lipinski definition) is 3. The highest BCUT2D eigenvalue weighted by Gasteiger charge is 2.26. The molecule has 0 bridgehead atoms. The Morgan fingerprint density at radius 2 is 1.91 bits per heavy atom. The number of allylic oxidation sites excluding steroid dienone is 1. The molecule has 0 aliphatic heterocycles. The van der Waals surface area contributed by atoms with E-state index in [2.05, 4.69) is 19.1 Å². The van der Waals surface area contributed by atoms with Gasteiger partial charge in [-0.25, -0.2) is 0 Å². The third-order valence-electron chi connectivity index (χ3n) is 4.42. The number of benzene rings is 2. The number of hydrogen-bond donors (Lipinski definition) is 0. The lowest BCUT2D eigenvalue weighted by atomic mass is 9.93. The van der Waals surface area contributed by atoms with Crippen LogP contribution >= 0.6 is 0 Å². The van der Waals surface area contributed by atoms with Crippen molar-refractivity contribution < 1.29 is 9.15 Å². The molecule has 3 aromatic rings. The van der Waals surface area contributed by atoms with Crippen LogP contribution in [0, 0.1) is 0 Å². The number of rotatable bonds is 2. The van der Waals surface area contributed by atoms with Gasteiger partial charge in [-0.2, -0.15) is 0 Å². The topological polar surface area (TPSA) is 39.4 Å². The monoisotopic (exact) mass is 306 g/mol. The lowest BCUT2D eigenvalue weighted by Gasteiger charge is -2.30. The maximum absolute atomic E-state index is 12.9. The van der Waals surface area contributed by atoms with Crippen molar-refractivity contribution in [3.05, 3.63) is 64.8 Å². The molecule has 3 nitrogen and oxygen atoms in total. The first-order valence-electron chi connectivity index (χ1n) is 7.98. The zero-order chi connectivity index (χ0) is 15.9. The molecule has 0 amide bonds. The molecule has 1 heterocycles. The zero-order valence-electron chi connectivity index (χ0n) is 13.0. The Balaban J connectivity index is 1.93. The van der Waals surface area contributed by atoms with E-state index in [0.29, 0.717) is 27.7 Å². The lowest BCUT2D eigenvalue weighted by molar-refractivity contribution is 0.125. The van der Waals surface area contributed by atoms with Crippen LogP contribution in [0.1, 0.15) is 26.2 Å². The molecule has 0 radical (unpaired) electrons. The van der Waals surface area contributed by atoms with Crippen LogP contribution in [0.5, 0.6) is 5.75 Å². The molecule has 0 N–H and O–H groups in total. The van der Waals surface area contributed by atoms with Gasteiger partial charge in [-0.1, -0.05) is 24.3 Å². The van der Waals surface area contributed by atoms with Crippen molar-refractivity contribution in [3.8, 4) is 5.75 Å². The average Bonchev–Trinajstić information content (AvgIpc) is 2.55. The predicted octanol–water partition coefficient (Wildman–Crippen LogP) is 4.82. The van der Waals surface area contributed by atoms with Crippen molar-refractivity contribution in [2.75, 3.05) is 0 Å². The van der Waals surface area contributed by atoms with Crippen LogP contribution < -0.4 is 10.2 Å². The second-order valence-electron chi connectivity index (χ2n) is 6.27. The second kappa shape index (κ2) is 5.27. The molecule has 0 saturated heterocycles. The molecule has 2 aromatic carbocycles. The minimum absolute atomic E-state index is 0.0409. The molecule has 0 fully saturated rings. The minimum Gasteiger partial charge on any atom is -0.483 e. The highest BCUT2D eigenvalue weighted by molar-refractivity contribution is 5.93. The third kappa shape index (κ3) is 2.42. The quantitative estimate of drug-likeness (QED) is 0.503. The van der Waals surface area contributed by atoms with Gasteiger partial charge in [0.2, 0.25) is 5.43 Å². The van der Waals surface area contributed by atoms with Crippen LogP contribution in [0.15, 0.2) is 63.8 Å². The predicted molar refractivity (Wildman–Crippen MR) is 92.0 cm³/mol. The van der Waals surface area contributed by atoms with Crippen molar-refractivity contribution in [2.24, 2.45) is 0 Å². The SMILES string of the molecule is CC1(Oc2cccc3oc4ccccc4c(=O)c23)C=CCCC1. The Morgan fingerprint density at radius 3 is 2.74 bits per heavy atom. The summed E-state index contributed by atoms with van der Waals surface area (Å²) in [5.41, 5.74) is 0.756. The summed E-state index contributed by atoms with van der Waals surface area (Å²) in [5, 5.41) is 1.10. The summed E-state index contributed by atoms with van der Waals surface area (Å²) >= 11 is 0. The molecule has 3 heteroatoms. The molecule has 0 saturated carbocycles. The summed E-state index contributed by atoms with van der Waals surface area (Å²) in [6.07, 6.45) is 7.36. The molecule has 0 spiro atoms. The van der Waals surface area contributed by atoms with Crippen LogP contribution in [0.3, 0.4) is 0 Å². The smallest absolute Gasteiger partial charge is 0.204 e. The molecule has 116 valence electrons. The average molecular weight is 306 g/mol.